The molecule has 1 aliphatic heterocycles. The Morgan fingerprint density at radius 3 is 2.44 bits per heavy atom. The molecule has 0 bridgehead atoms. The summed E-state index contributed by atoms with van der Waals surface area (Å²) >= 11 is 1.27. The number of ether oxygens (including phenoxy) is 2. The largest absolute Gasteiger partial charge is 0.490 e. The topological polar surface area (TPSA) is 76.7 Å². The van der Waals surface area contributed by atoms with E-state index in [1.807, 2.05) is 30.3 Å². The monoisotopic (exact) mass is 508 g/mol. The van der Waals surface area contributed by atoms with E-state index in [2.05, 4.69) is 24.5 Å². The molecule has 1 heterocycles. The standard InChI is InChI=1S/C28H29FN2O4S/c1-18(2)27(19-8-13-23-24(16-19)35-15-5-14-34-23)31-28(33)22-6-3-4-7-25(22)36-17-26(32)30-21-11-9-20(29)10-12-21/h3-4,6-13,16,18,27H,5,14-15,17H2,1-2H3,(H,30,32)(H,31,33)/t27-/m0/s1. The van der Waals surface area contributed by atoms with Crippen LogP contribution < -0.4 is 20.1 Å². The number of anilines is 1. The van der Waals surface area contributed by atoms with E-state index in [1.165, 1.54) is 36.0 Å². The van der Waals surface area contributed by atoms with Crippen LogP contribution in [-0.4, -0.2) is 30.8 Å². The van der Waals surface area contributed by atoms with Gasteiger partial charge in [0.05, 0.1) is 30.6 Å². The Morgan fingerprint density at radius 2 is 1.69 bits per heavy atom. The van der Waals surface area contributed by atoms with Gasteiger partial charge in [-0.25, -0.2) is 4.39 Å². The van der Waals surface area contributed by atoms with Crippen LogP contribution in [0.15, 0.2) is 71.6 Å². The number of carbonyl (C=O) groups is 2. The van der Waals surface area contributed by atoms with Gasteiger partial charge in [-0.15, -0.1) is 11.8 Å². The van der Waals surface area contributed by atoms with Gasteiger partial charge in [0.1, 0.15) is 5.82 Å². The maximum Gasteiger partial charge on any atom is 0.252 e. The molecule has 2 N–H and O–H groups in total. The molecule has 8 heteroatoms. The number of rotatable bonds is 8. The summed E-state index contributed by atoms with van der Waals surface area (Å²) in [6, 6.07) is 18.3. The molecule has 4 rings (SSSR count). The van der Waals surface area contributed by atoms with Crippen LogP contribution in [0.3, 0.4) is 0 Å². The molecule has 0 unspecified atom stereocenters. The molecule has 0 radical (unpaired) electrons. The molecule has 6 nitrogen and oxygen atoms in total. The third-order valence-electron chi connectivity index (χ3n) is 5.70. The molecule has 0 fully saturated rings. The van der Waals surface area contributed by atoms with Crippen LogP contribution in [0.1, 0.15) is 42.2 Å². The summed E-state index contributed by atoms with van der Waals surface area (Å²) < 4.78 is 24.7. The minimum absolute atomic E-state index is 0.109. The van der Waals surface area contributed by atoms with Gasteiger partial charge < -0.3 is 20.1 Å². The molecule has 0 aromatic heterocycles. The van der Waals surface area contributed by atoms with Crippen LogP contribution in [0.4, 0.5) is 10.1 Å². The lowest BCUT2D eigenvalue weighted by Gasteiger charge is -2.24. The number of nitrogens with one attached hydrogen (secondary N) is 2. The lowest BCUT2D eigenvalue weighted by Crippen LogP contribution is -2.32. The Hall–Kier alpha value is -3.52. The van der Waals surface area contributed by atoms with Crippen molar-refractivity contribution in [2.45, 2.75) is 31.2 Å². The lowest BCUT2D eigenvalue weighted by molar-refractivity contribution is -0.113. The van der Waals surface area contributed by atoms with Gasteiger partial charge in [0.15, 0.2) is 11.5 Å². The molecule has 0 aliphatic carbocycles. The quantitative estimate of drug-likeness (QED) is 0.374. The first-order chi connectivity index (χ1) is 17.4. The molecule has 188 valence electrons. The van der Waals surface area contributed by atoms with E-state index in [0.717, 1.165) is 12.0 Å². The normalized spacial score (nSPS) is 13.6. The molecule has 0 saturated carbocycles. The fourth-order valence-corrected chi connectivity index (χ4v) is 4.73. The Balaban J connectivity index is 1.44. The minimum atomic E-state index is -0.367. The van der Waals surface area contributed by atoms with E-state index in [4.69, 9.17) is 9.47 Å². The Labute approximate surface area is 214 Å². The summed E-state index contributed by atoms with van der Waals surface area (Å²) in [7, 11) is 0. The average molecular weight is 509 g/mol. The number of thioether (sulfide) groups is 1. The highest BCUT2D eigenvalue weighted by Gasteiger charge is 2.23. The van der Waals surface area contributed by atoms with Crippen LogP contribution in [0, 0.1) is 11.7 Å². The number of benzene rings is 3. The average Bonchev–Trinajstić information content (AvgIpc) is 3.12. The van der Waals surface area contributed by atoms with Gasteiger partial charge in [0, 0.05) is 17.0 Å². The summed E-state index contributed by atoms with van der Waals surface area (Å²) in [6.07, 6.45) is 0.824. The Bertz CT molecular complexity index is 1220. The minimum Gasteiger partial charge on any atom is -0.490 e. The predicted octanol–water partition coefficient (Wildman–Crippen LogP) is 5.84. The van der Waals surface area contributed by atoms with Gasteiger partial charge in [-0.1, -0.05) is 32.0 Å². The summed E-state index contributed by atoms with van der Waals surface area (Å²) in [6.45, 7) is 5.31. The number of fused-ring (bicyclic) bond motifs is 1. The molecule has 36 heavy (non-hydrogen) atoms. The van der Waals surface area contributed by atoms with Crippen LogP contribution in [0.5, 0.6) is 11.5 Å². The van der Waals surface area contributed by atoms with Gasteiger partial charge in [-0.3, -0.25) is 9.59 Å². The second-order valence-corrected chi connectivity index (χ2v) is 9.81. The van der Waals surface area contributed by atoms with Crippen molar-refractivity contribution >= 4 is 29.3 Å². The summed E-state index contributed by atoms with van der Waals surface area (Å²) in [5.74, 6) is 0.807. The Morgan fingerprint density at radius 1 is 0.972 bits per heavy atom. The Kier molecular flexibility index (Phi) is 8.48. The van der Waals surface area contributed by atoms with Crippen LogP contribution >= 0.6 is 11.8 Å². The first-order valence-electron chi connectivity index (χ1n) is 11.9. The molecule has 3 aromatic carbocycles. The maximum absolute atomic E-state index is 13.3. The SMILES string of the molecule is CC(C)[C@H](NC(=O)c1ccccc1SCC(=O)Nc1ccc(F)cc1)c1ccc2c(c1)OCCCO2. The van der Waals surface area contributed by atoms with E-state index in [1.54, 1.807) is 12.1 Å². The van der Waals surface area contributed by atoms with Gasteiger partial charge in [-0.2, -0.15) is 0 Å². The molecular formula is C28H29FN2O4S. The third kappa shape index (κ3) is 6.57. The summed E-state index contributed by atoms with van der Waals surface area (Å²) in [5.41, 5.74) is 1.95. The van der Waals surface area contributed by atoms with Gasteiger partial charge in [0.2, 0.25) is 5.91 Å². The number of carbonyl (C=O) groups excluding carboxylic acids is 2. The second kappa shape index (κ2) is 11.9. The smallest absolute Gasteiger partial charge is 0.252 e. The van der Waals surface area contributed by atoms with Crippen molar-refractivity contribution < 1.29 is 23.5 Å². The van der Waals surface area contributed by atoms with Crippen LogP contribution in [0.2, 0.25) is 0 Å². The highest BCUT2D eigenvalue weighted by Crippen LogP contribution is 2.34. The highest BCUT2D eigenvalue weighted by molar-refractivity contribution is 8.00. The fourth-order valence-electron chi connectivity index (χ4n) is 3.88. The zero-order chi connectivity index (χ0) is 25.5. The van der Waals surface area contributed by atoms with E-state index >= 15 is 0 Å². The van der Waals surface area contributed by atoms with E-state index in [-0.39, 0.29) is 35.3 Å². The van der Waals surface area contributed by atoms with Crippen molar-refractivity contribution in [3.8, 4) is 11.5 Å². The summed E-state index contributed by atoms with van der Waals surface area (Å²) in [5, 5.41) is 5.90. The van der Waals surface area contributed by atoms with Gasteiger partial charge >= 0.3 is 0 Å². The van der Waals surface area contributed by atoms with Crippen LogP contribution in [-0.2, 0) is 4.79 Å². The summed E-state index contributed by atoms with van der Waals surface area (Å²) in [4.78, 5) is 26.4. The van der Waals surface area contributed by atoms with Crippen molar-refractivity contribution in [2.24, 2.45) is 5.92 Å². The molecule has 1 aliphatic rings. The van der Waals surface area contributed by atoms with Crippen molar-refractivity contribution in [3.05, 3.63) is 83.7 Å². The third-order valence-corrected chi connectivity index (χ3v) is 6.78. The first kappa shape index (κ1) is 25.6. The van der Waals surface area contributed by atoms with Gasteiger partial charge in [-0.05, 0) is 60.0 Å². The zero-order valence-electron chi connectivity index (χ0n) is 20.3. The highest BCUT2D eigenvalue weighted by atomic mass is 32.2. The number of hydrogen-bond donors (Lipinski definition) is 2. The fraction of sp³-hybridized carbons (Fsp3) is 0.286. The first-order valence-corrected chi connectivity index (χ1v) is 12.9. The number of amides is 2. The van der Waals surface area contributed by atoms with E-state index in [0.29, 0.717) is 40.9 Å². The molecule has 1 atom stereocenters. The number of hydrogen-bond acceptors (Lipinski definition) is 5. The maximum atomic E-state index is 13.3. The van der Waals surface area contributed by atoms with Gasteiger partial charge in [0.25, 0.3) is 5.91 Å². The lowest BCUT2D eigenvalue weighted by atomic mass is 9.95. The van der Waals surface area contributed by atoms with Crippen molar-refractivity contribution in [3.63, 3.8) is 0 Å². The van der Waals surface area contributed by atoms with E-state index in [9.17, 15) is 14.0 Å². The van der Waals surface area contributed by atoms with E-state index < -0.39 is 0 Å². The van der Waals surface area contributed by atoms with Crippen molar-refractivity contribution in [2.75, 3.05) is 24.3 Å². The number of halogens is 1. The molecule has 3 aromatic rings. The zero-order valence-corrected chi connectivity index (χ0v) is 21.1. The molecule has 0 saturated heterocycles. The van der Waals surface area contributed by atoms with Crippen LogP contribution in [0.25, 0.3) is 0 Å². The molecule has 2 amide bonds. The van der Waals surface area contributed by atoms with Crippen molar-refractivity contribution in [1.29, 1.82) is 0 Å². The molecular weight excluding hydrogens is 479 g/mol. The van der Waals surface area contributed by atoms with Crippen molar-refractivity contribution in [1.82, 2.24) is 5.32 Å². The molecule has 0 spiro atoms. The predicted molar refractivity (Wildman–Crippen MR) is 139 cm³/mol. The second-order valence-electron chi connectivity index (χ2n) is 8.79.